The smallest absolute Gasteiger partial charge is 0.422 e. The van der Waals surface area contributed by atoms with Crippen LogP contribution >= 0.6 is 0 Å². The first kappa shape index (κ1) is 18.6. The maximum Gasteiger partial charge on any atom is 0.422 e. The summed E-state index contributed by atoms with van der Waals surface area (Å²) in [5, 5.41) is 5.55. The van der Waals surface area contributed by atoms with Gasteiger partial charge in [-0.3, -0.25) is 4.79 Å². The molecule has 0 atom stereocenters. The summed E-state index contributed by atoms with van der Waals surface area (Å²) < 4.78 is 41.5. The Balaban J connectivity index is 1.77. The molecule has 0 aliphatic carbocycles. The molecule has 0 bridgehead atoms. The Morgan fingerprint density at radius 2 is 1.68 bits per heavy atom. The van der Waals surface area contributed by atoms with E-state index in [9.17, 15) is 18.0 Å². The molecule has 0 fully saturated rings. The van der Waals surface area contributed by atoms with Gasteiger partial charge in [-0.1, -0.05) is 42.5 Å². The highest BCUT2D eigenvalue weighted by Crippen LogP contribution is 2.26. The number of halogens is 3. The van der Waals surface area contributed by atoms with E-state index in [0.29, 0.717) is 18.7 Å². The number of alkyl halides is 3. The number of hydrogen-bond acceptors (Lipinski definition) is 3. The molecule has 0 aliphatic heterocycles. The quantitative estimate of drug-likeness (QED) is 0.766. The number of carbonyl (C=O) groups excluding carboxylic acids is 1. The Kier molecular flexibility index (Phi) is 6.68. The molecule has 0 aromatic heterocycles. The highest BCUT2D eigenvalue weighted by atomic mass is 19.4. The fourth-order valence-electron chi connectivity index (χ4n) is 2.13. The first-order valence-corrected chi connectivity index (χ1v) is 7.77. The third-order valence-electron chi connectivity index (χ3n) is 3.30. The number of anilines is 1. The Morgan fingerprint density at radius 3 is 2.40 bits per heavy atom. The summed E-state index contributed by atoms with van der Waals surface area (Å²) in [5.74, 6) is -0.196. The fraction of sp³-hybridized carbons (Fsp3) is 0.278. The van der Waals surface area contributed by atoms with Crippen LogP contribution in [0.3, 0.4) is 0 Å². The maximum absolute atomic E-state index is 12.3. The van der Waals surface area contributed by atoms with E-state index in [1.54, 1.807) is 18.2 Å². The molecule has 2 aromatic carbocycles. The second kappa shape index (κ2) is 8.96. The van der Waals surface area contributed by atoms with Crippen molar-refractivity contribution in [1.29, 1.82) is 0 Å². The van der Waals surface area contributed by atoms with Crippen LogP contribution in [-0.2, 0) is 11.2 Å². The Labute approximate surface area is 144 Å². The summed E-state index contributed by atoms with van der Waals surface area (Å²) in [6.07, 6.45) is -3.71. The molecule has 0 aliphatic rings. The lowest BCUT2D eigenvalue weighted by atomic mass is 10.1. The van der Waals surface area contributed by atoms with E-state index in [4.69, 9.17) is 4.74 Å². The second-order valence-electron chi connectivity index (χ2n) is 5.34. The summed E-state index contributed by atoms with van der Waals surface area (Å²) >= 11 is 0. The van der Waals surface area contributed by atoms with E-state index >= 15 is 0 Å². The van der Waals surface area contributed by atoms with Crippen LogP contribution in [0.5, 0.6) is 5.75 Å². The molecule has 0 spiro atoms. The van der Waals surface area contributed by atoms with Gasteiger partial charge in [-0.05, 0) is 24.1 Å². The Morgan fingerprint density at radius 1 is 1.00 bits per heavy atom. The molecule has 2 N–H and O–H groups in total. The predicted octanol–water partition coefficient (Wildman–Crippen LogP) is 3.40. The van der Waals surface area contributed by atoms with Crippen molar-refractivity contribution >= 4 is 11.6 Å². The molecule has 134 valence electrons. The zero-order chi connectivity index (χ0) is 18.1. The number of amides is 1. The molecule has 0 saturated carbocycles. The summed E-state index contributed by atoms with van der Waals surface area (Å²) in [4.78, 5) is 11.8. The van der Waals surface area contributed by atoms with Crippen molar-refractivity contribution < 1.29 is 22.7 Å². The minimum Gasteiger partial charge on any atom is -0.482 e. The minimum atomic E-state index is -4.41. The van der Waals surface area contributed by atoms with E-state index in [2.05, 4.69) is 10.6 Å². The van der Waals surface area contributed by atoms with Gasteiger partial charge < -0.3 is 15.4 Å². The summed E-state index contributed by atoms with van der Waals surface area (Å²) in [6.45, 7) is -0.951. The van der Waals surface area contributed by atoms with Crippen LogP contribution in [0.4, 0.5) is 18.9 Å². The first-order valence-electron chi connectivity index (χ1n) is 7.77. The molecule has 2 aromatic rings. The molecule has 4 nitrogen and oxygen atoms in total. The SMILES string of the molecule is O=C(CNc1ccccc1OCC(F)(F)F)NCCc1ccccc1. The summed E-state index contributed by atoms with van der Waals surface area (Å²) in [7, 11) is 0. The molecule has 0 heterocycles. The minimum absolute atomic E-state index is 0.0527. The number of hydrogen-bond donors (Lipinski definition) is 2. The van der Waals surface area contributed by atoms with Crippen molar-refractivity contribution in [3.63, 3.8) is 0 Å². The average Bonchev–Trinajstić information content (AvgIpc) is 2.59. The molecule has 2 rings (SSSR count). The van der Waals surface area contributed by atoms with Crippen LogP contribution in [0.1, 0.15) is 5.56 Å². The van der Waals surface area contributed by atoms with Gasteiger partial charge in [-0.25, -0.2) is 0 Å². The van der Waals surface area contributed by atoms with Crippen LogP contribution in [0, 0.1) is 0 Å². The van der Waals surface area contributed by atoms with Gasteiger partial charge >= 0.3 is 6.18 Å². The molecule has 1 amide bonds. The highest BCUT2D eigenvalue weighted by molar-refractivity contribution is 5.81. The van der Waals surface area contributed by atoms with E-state index in [1.165, 1.54) is 6.07 Å². The standard InChI is InChI=1S/C18H19F3N2O2/c19-18(20,21)13-25-16-9-5-4-8-15(16)23-12-17(24)22-11-10-14-6-2-1-3-7-14/h1-9,23H,10-13H2,(H,22,24). The highest BCUT2D eigenvalue weighted by Gasteiger charge is 2.28. The van der Waals surface area contributed by atoms with Gasteiger partial charge in [0, 0.05) is 6.54 Å². The molecular weight excluding hydrogens is 333 g/mol. The Hall–Kier alpha value is -2.70. The first-order chi connectivity index (χ1) is 11.9. The molecule has 0 radical (unpaired) electrons. The van der Waals surface area contributed by atoms with E-state index in [-0.39, 0.29) is 18.2 Å². The number of ether oxygens (including phenoxy) is 1. The van der Waals surface area contributed by atoms with Crippen LogP contribution in [0.25, 0.3) is 0 Å². The van der Waals surface area contributed by atoms with Gasteiger partial charge in [0.05, 0.1) is 12.2 Å². The average molecular weight is 352 g/mol. The molecule has 0 saturated heterocycles. The van der Waals surface area contributed by atoms with Crippen LogP contribution in [-0.4, -0.2) is 31.8 Å². The van der Waals surface area contributed by atoms with Gasteiger partial charge in [0.15, 0.2) is 6.61 Å². The molecular formula is C18H19F3N2O2. The van der Waals surface area contributed by atoms with E-state index < -0.39 is 12.8 Å². The van der Waals surface area contributed by atoms with Crippen LogP contribution < -0.4 is 15.4 Å². The van der Waals surface area contributed by atoms with Crippen molar-refractivity contribution in [3.05, 3.63) is 60.2 Å². The molecule has 7 heteroatoms. The normalized spacial score (nSPS) is 11.0. The number of carbonyl (C=O) groups is 1. The third kappa shape index (κ3) is 7.15. The van der Waals surface area contributed by atoms with Gasteiger partial charge in [0.25, 0.3) is 0 Å². The van der Waals surface area contributed by atoms with Crippen molar-refractivity contribution in [2.24, 2.45) is 0 Å². The molecule has 25 heavy (non-hydrogen) atoms. The van der Waals surface area contributed by atoms with Crippen LogP contribution in [0.2, 0.25) is 0 Å². The van der Waals surface area contributed by atoms with Crippen molar-refractivity contribution in [1.82, 2.24) is 5.32 Å². The lowest BCUT2D eigenvalue weighted by Crippen LogP contribution is -2.31. The zero-order valence-corrected chi connectivity index (χ0v) is 13.5. The maximum atomic E-state index is 12.3. The van der Waals surface area contributed by atoms with Gasteiger partial charge in [0.1, 0.15) is 5.75 Å². The topological polar surface area (TPSA) is 50.4 Å². The van der Waals surface area contributed by atoms with Crippen molar-refractivity contribution in [3.8, 4) is 5.75 Å². The number of para-hydroxylation sites is 2. The fourth-order valence-corrected chi connectivity index (χ4v) is 2.13. The lowest BCUT2D eigenvalue weighted by Gasteiger charge is -2.14. The largest absolute Gasteiger partial charge is 0.482 e. The lowest BCUT2D eigenvalue weighted by molar-refractivity contribution is -0.153. The Bertz CT molecular complexity index is 676. The number of benzene rings is 2. The second-order valence-corrected chi connectivity index (χ2v) is 5.34. The van der Waals surface area contributed by atoms with Crippen molar-refractivity contribution in [2.75, 3.05) is 25.0 Å². The van der Waals surface area contributed by atoms with Gasteiger partial charge in [-0.2, -0.15) is 13.2 Å². The van der Waals surface area contributed by atoms with Crippen LogP contribution in [0.15, 0.2) is 54.6 Å². The number of rotatable bonds is 8. The van der Waals surface area contributed by atoms with Crippen molar-refractivity contribution in [2.45, 2.75) is 12.6 Å². The summed E-state index contributed by atoms with van der Waals surface area (Å²) in [6, 6.07) is 15.9. The predicted molar refractivity (Wildman–Crippen MR) is 89.6 cm³/mol. The third-order valence-corrected chi connectivity index (χ3v) is 3.30. The van der Waals surface area contributed by atoms with Gasteiger partial charge in [-0.15, -0.1) is 0 Å². The monoisotopic (exact) mass is 352 g/mol. The van der Waals surface area contributed by atoms with Gasteiger partial charge in [0.2, 0.25) is 5.91 Å². The van der Waals surface area contributed by atoms with E-state index in [0.717, 1.165) is 5.56 Å². The summed E-state index contributed by atoms with van der Waals surface area (Å²) in [5.41, 5.74) is 1.45. The van der Waals surface area contributed by atoms with E-state index in [1.807, 2.05) is 30.3 Å². The molecule has 0 unspecified atom stereocenters. The number of nitrogens with one attached hydrogen (secondary N) is 2. The zero-order valence-electron chi connectivity index (χ0n) is 13.5.